The van der Waals surface area contributed by atoms with Crippen molar-refractivity contribution < 1.29 is 14.6 Å². The van der Waals surface area contributed by atoms with Gasteiger partial charge in [0, 0.05) is 20.2 Å². The minimum absolute atomic E-state index is 0.120. The number of ether oxygens (including phenoxy) is 1. The second kappa shape index (κ2) is 5.36. The Morgan fingerprint density at radius 1 is 1.41 bits per heavy atom. The number of nitrogens with zero attached hydrogens (tertiary/aromatic N) is 1. The molecule has 1 saturated heterocycles. The van der Waals surface area contributed by atoms with Crippen LogP contribution in [0.1, 0.15) is 46.5 Å². The number of hydrogen-bond acceptors (Lipinski definition) is 3. The summed E-state index contributed by atoms with van der Waals surface area (Å²) in [5.74, 6) is 0.120. The zero-order valence-corrected chi connectivity index (χ0v) is 11.5. The summed E-state index contributed by atoms with van der Waals surface area (Å²) in [6.45, 7) is 7.07. The highest BCUT2D eigenvalue weighted by atomic mass is 16.5. The summed E-state index contributed by atoms with van der Waals surface area (Å²) in [7, 11) is 1.63. The first kappa shape index (κ1) is 14.5. The minimum atomic E-state index is -0.619. The standard InChI is InChI=1S/C13H25NO3/c1-12(2,17-4)10-11(15)14-8-5-6-13(3,16)7-9-14/h16H,5-10H2,1-4H3. The van der Waals surface area contributed by atoms with Crippen LogP contribution in [0.4, 0.5) is 0 Å². The van der Waals surface area contributed by atoms with Crippen molar-refractivity contribution in [3.05, 3.63) is 0 Å². The third kappa shape index (κ3) is 4.64. The number of carbonyl (C=O) groups excluding carboxylic acids is 1. The van der Waals surface area contributed by atoms with Crippen LogP contribution in [-0.2, 0) is 9.53 Å². The highest BCUT2D eigenvalue weighted by molar-refractivity contribution is 5.77. The van der Waals surface area contributed by atoms with Crippen molar-refractivity contribution in [1.29, 1.82) is 0 Å². The molecule has 1 amide bonds. The summed E-state index contributed by atoms with van der Waals surface area (Å²) in [6.07, 6.45) is 2.69. The van der Waals surface area contributed by atoms with E-state index in [2.05, 4.69) is 0 Å². The molecule has 0 saturated carbocycles. The van der Waals surface area contributed by atoms with Crippen molar-refractivity contribution in [3.8, 4) is 0 Å². The first-order valence-electron chi connectivity index (χ1n) is 6.31. The monoisotopic (exact) mass is 243 g/mol. The van der Waals surface area contributed by atoms with Crippen molar-refractivity contribution in [3.63, 3.8) is 0 Å². The molecular weight excluding hydrogens is 218 g/mol. The second-order valence-corrected chi connectivity index (χ2v) is 5.87. The Morgan fingerprint density at radius 2 is 2.06 bits per heavy atom. The Kier molecular flexibility index (Phi) is 4.55. The molecule has 1 aliphatic rings. The first-order valence-corrected chi connectivity index (χ1v) is 6.31. The zero-order valence-electron chi connectivity index (χ0n) is 11.5. The Balaban J connectivity index is 2.53. The van der Waals surface area contributed by atoms with Gasteiger partial charge in [-0.1, -0.05) is 0 Å². The fraction of sp³-hybridized carbons (Fsp3) is 0.923. The average molecular weight is 243 g/mol. The van der Waals surface area contributed by atoms with E-state index in [1.165, 1.54) is 0 Å². The average Bonchev–Trinajstić information content (AvgIpc) is 2.39. The Morgan fingerprint density at radius 3 is 2.65 bits per heavy atom. The van der Waals surface area contributed by atoms with E-state index in [1.807, 2.05) is 25.7 Å². The predicted molar refractivity (Wildman–Crippen MR) is 66.8 cm³/mol. The van der Waals surface area contributed by atoms with Gasteiger partial charge in [0.25, 0.3) is 0 Å². The van der Waals surface area contributed by atoms with E-state index < -0.39 is 11.2 Å². The van der Waals surface area contributed by atoms with E-state index in [1.54, 1.807) is 7.11 Å². The van der Waals surface area contributed by atoms with Crippen molar-refractivity contribution in [2.45, 2.75) is 57.7 Å². The van der Waals surface area contributed by atoms with Gasteiger partial charge < -0.3 is 14.7 Å². The minimum Gasteiger partial charge on any atom is -0.390 e. The van der Waals surface area contributed by atoms with Gasteiger partial charge in [0.05, 0.1) is 17.6 Å². The quantitative estimate of drug-likeness (QED) is 0.818. The van der Waals surface area contributed by atoms with Crippen molar-refractivity contribution in [2.24, 2.45) is 0 Å². The highest BCUT2D eigenvalue weighted by Gasteiger charge is 2.29. The molecule has 1 fully saturated rings. The molecule has 0 bridgehead atoms. The van der Waals surface area contributed by atoms with E-state index in [0.717, 1.165) is 19.4 Å². The van der Waals surface area contributed by atoms with Crippen molar-refractivity contribution >= 4 is 5.91 Å². The molecular formula is C13H25NO3. The maximum atomic E-state index is 12.1. The molecule has 100 valence electrons. The number of amides is 1. The largest absolute Gasteiger partial charge is 0.390 e. The lowest BCUT2D eigenvalue weighted by Crippen LogP contribution is -2.38. The maximum Gasteiger partial charge on any atom is 0.225 e. The Hall–Kier alpha value is -0.610. The number of likely N-dealkylation sites (tertiary alicyclic amines) is 1. The first-order chi connectivity index (χ1) is 7.76. The molecule has 1 unspecified atom stereocenters. The SMILES string of the molecule is COC(C)(C)CC(=O)N1CCCC(C)(O)CC1. The second-order valence-electron chi connectivity index (χ2n) is 5.87. The summed E-state index contributed by atoms with van der Waals surface area (Å²) in [5, 5.41) is 9.97. The predicted octanol–water partition coefficient (Wildman–Crippen LogP) is 1.56. The van der Waals surface area contributed by atoms with Gasteiger partial charge in [0.15, 0.2) is 0 Å². The summed E-state index contributed by atoms with van der Waals surface area (Å²) in [6, 6.07) is 0. The van der Waals surface area contributed by atoms with Gasteiger partial charge in [-0.15, -0.1) is 0 Å². The van der Waals surface area contributed by atoms with Gasteiger partial charge >= 0.3 is 0 Å². The molecule has 0 aromatic rings. The number of aliphatic hydroxyl groups is 1. The van der Waals surface area contributed by atoms with Crippen molar-refractivity contribution in [1.82, 2.24) is 4.90 Å². The molecule has 0 spiro atoms. The molecule has 0 aromatic carbocycles. The van der Waals surface area contributed by atoms with Crippen LogP contribution in [-0.4, -0.2) is 47.3 Å². The summed E-state index contributed by atoms with van der Waals surface area (Å²) in [4.78, 5) is 14.0. The van der Waals surface area contributed by atoms with Crippen LogP contribution >= 0.6 is 0 Å². The number of carbonyl (C=O) groups is 1. The number of hydrogen-bond donors (Lipinski definition) is 1. The lowest BCUT2D eigenvalue weighted by atomic mass is 9.98. The van der Waals surface area contributed by atoms with Crippen molar-refractivity contribution in [2.75, 3.05) is 20.2 Å². The molecule has 17 heavy (non-hydrogen) atoms. The van der Waals surface area contributed by atoms with Crippen LogP contribution in [0.15, 0.2) is 0 Å². The molecule has 4 nitrogen and oxygen atoms in total. The number of methoxy groups -OCH3 is 1. The molecule has 0 aromatic heterocycles. The summed E-state index contributed by atoms with van der Waals surface area (Å²) >= 11 is 0. The fourth-order valence-electron chi connectivity index (χ4n) is 2.06. The topological polar surface area (TPSA) is 49.8 Å². The van der Waals surface area contributed by atoms with Crippen LogP contribution in [0.5, 0.6) is 0 Å². The van der Waals surface area contributed by atoms with Gasteiger partial charge in [-0.25, -0.2) is 0 Å². The van der Waals surface area contributed by atoms with E-state index >= 15 is 0 Å². The number of rotatable bonds is 3. The third-order valence-electron chi connectivity index (χ3n) is 3.55. The van der Waals surface area contributed by atoms with Crippen LogP contribution in [0.2, 0.25) is 0 Å². The Labute approximate surface area is 104 Å². The van der Waals surface area contributed by atoms with E-state index in [9.17, 15) is 9.90 Å². The van der Waals surface area contributed by atoms with Gasteiger partial charge in [-0.3, -0.25) is 4.79 Å². The lowest BCUT2D eigenvalue weighted by molar-refractivity contribution is -0.136. The van der Waals surface area contributed by atoms with E-state index in [4.69, 9.17) is 4.74 Å². The van der Waals surface area contributed by atoms with Gasteiger partial charge in [0.2, 0.25) is 5.91 Å². The third-order valence-corrected chi connectivity index (χ3v) is 3.55. The normalized spacial score (nSPS) is 26.8. The zero-order chi connectivity index (χ0) is 13.1. The smallest absolute Gasteiger partial charge is 0.225 e. The molecule has 1 rings (SSSR count). The van der Waals surface area contributed by atoms with Gasteiger partial charge in [0.1, 0.15) is 0 Å². The maximum absolute atomic E-state index is 12.1. The highest BCUT2D eigenvalue weighted by Crippen LogP contribution is 2.23. The lowest BCUT2D eigenvalue weighted by Gasteiger charge is -2.27. The van der Waals surface area contributed by atoms with Gasteiger partial charge in [-0.2, -0.15) is 0 Å². The Bertz CT molecular complexity index is 274. The molecule has 0 aliphatic carbocycles. The summed E-state index contributed by atoms with van der Waals surface area (Å²) < 4.78 is 5.27. The van der Waals surface area contributed by atoms with Crippen LogP contribution in [0.3, 0.4) is 0 Å². The molecule has 1 N–H and O–H groups in total. The molecule has 0 radical (unpaired) electrons. The fourth-order valence-corrected chi connectivity index (χ4v) is 2.06. The van der Waals surface area contributed by atoms with Crippen LogP contribution in [0, 0.1) is 0 Å². The van der Waals surface area contributed by atoms with Gasteiger partial charge in [-0.05, 0) is 40.0 Å². The molecule has 4 heteroatoms. The molecule has 1 atom stereocenters. The van der Waals surface area contributed by atoms with Crippen LogP contribution in [0.25, 0.3) is 0 Å². The molecule has 1 heterocycles. The molecule has 1 aliphatic heterocycles. The van der Waals surface area contributed by atoms with E-state index in [-0.39, 0.29) is 5.91 Å². The summed E-state index contributed by atoms with van der Waals surface area (Å²) in [5.41, 5.74) is -1.03. The van der Waals surface area contributed by atoms with Crippen LogP contribution < -0.4 is 0 Å². The van der Waals surface area contributed by atoms with E-state index in [0.29, 0.717) is 19.4 Å².